The Bertz CT molecular complexity index is 587. The van der Waals surface area contributed by atoms with Gasteiger partial charge in [-0.3, -0.25) is 9.10 Å². The number of carbonyl (C=O) groups is 1. The topological polar surface area (TPSA) is 75.7 Å². The lowest BCUT2D eigenvalue weighted by molar-refractivity contribution is -0.119. The van der Waals surface area contributed by atoms with Crippen molar-refractivity contribution in [2.75, 3.05) is 30.3 Å². The zero-order chi connectivity index (χ0) is 16.6. The zero-order valence-corrected chi connectivity index (χ0v) is 14.1. The van der Waals surface area contributed by atoms with Crippen molar-refractivity contribution in [2.24, 2.45) is 0 Å². The summed E-state index contributed by atoms with van der Waals surface area (Å²) in [6.07, 6.45) is 2.90. The standard InChI is InChI=1S/C15H24N2O4S/c1-4-6-11-16-15(18)12-17(22(3,19)20)13-9-7-8-10-14(13)21-5-2/h7-10H,4-6,11-12H2,1-3H3,(H,16,18). The Balaban J connectivity index is 2.98. The Morgan fingerprint density at radius 1 is 1.27 bits per heavy atom. The van der Waals surface area contributed by atoms with E-state index in [0.717, 1.165) is 23.4 Å². The molecule has 22 heavy (non-hydrogen) atoms. The van der Waals surface area contributed by atoms with Crippen LogP contribution < -0.4 is 14.4 Å². The number of ether oxygens (including phenoxy) is 1. The highest BCUT2D eigenvalue weighted by Crippen LogP contribution is 2.29. The number of hydrogen-bond acceptors (Lipinski definition) is 4. The quantitative estimate of drug-likeness (QED) is 0.701. The molecule has 0 aliphatic rings. The molecule has 0 bridgehead atoms. The smallest absolute Gasteiger partial charge is 0.240 e. The first-order valence-electron chi connectivity index (χ1n) is 7.36. The summed E-state index contributed by atoms with van der Waals surface area (Å²) < 4.78 is 30.6. The molecule has 0 aliphatic carbocycles. The summed E-state index contributed by atoms with van der Waals surface area (Å²) in [5.74, 6) is 0.113. The summed E-state index contributed by atoms with van der Waals surface area (Å²) in [7, 11) is -3.59. The van der Waals surface area contributed by atoms with Gasteiger partial charge in [0.25, 0.3) is 0 Å². The van der Waals surface area contributed by atoms with Crippen LogP contribution in [-0.4, -0.2) is 40.3 Å². The molecular weight excluding hydrogens is 304 g/mol. The number of nitrogens with one attached hydrogen (secondary N) is 1. The Hall–Kier alpha value is -1.76. The number of anilines is 1. The molecule has 0 atom stereocenters. The van der Waals surface area contributed by atoms with Crippen LogP contribution in [0.5, 0.6) is 5.75 Å². The number of nitrogens with zero attached hydrogens (tertiary/aromatic N) is 1. The Morgan fingerprint density at radius 3 is 2.55 bits per heavy atom. The van der Waals surface area contributed by atoms with Gasteiger partial charge in [-0.15, -0.1) is 0 Å². The average Bonchev–Trinajstić information content (AvgIpc) is 2.45. The molecule has 6 nitrogen and oxygen atoms in total. The second kappa shape index (κ2) is 8.63. The third kappa shape index (κ3) is 5.55. The molecule has 0 heterocycles. The molecule has 0 aliphatic heterocycles. The fraction of sp³-hybridized carbons (Fsp3) is 0.533. The molecule has 1 aromatic carbocycles. The molecule has 0 saturated heterocycles. The number of sulfonamides is 1. The molecule has 1 amide bonds. The number of rotatable bonds is 9. The minimum Gasteiger partial charge on any atom is -0.492 e. The third-order valence-electron chi connectivity index (χ3n) is 2.97. The second-order valence-electron chi connectivity index (χ2n) is 4.87. The van der Waals surface area contributed by atoms with Gasteiger partial charge in [0, 0.05) is 6.54 Å². The number of amides is 1. The lowest BCUT2D eigenvalue weighted by atomic mass is 10.3. The maximum absolute atomic E-state index is 12.0. The highest BCUT2D eigenvalue weighted by molar-refractivity contribution is 7.92. The van der Waals surface area contributed by atoms with E-state index >= 15 is 0 Å². The van der Waals surface area contributed by atoms with Crippen LogP contribution in [0.3, 0.4) is 0 Å². The van der Waals surface area contributed by atoms with Gasteiger partial charge in [-0.05, 0) is 25.5 Å². The molecule has 0 aromatic heterocycles. The number of benzene rings is 1. The van der Waals surface area contributed by atoms with E-state index in [0.29, 0.717) is 24.6 Å². The van der Waals surface area contributed by atoms with Gasteiger partial charge in [0.1, 0.15) is 12.3 Å². The molecule has 7 heteroatoms. The van der Waals surface area contributed by atoms with Crippen LogP contribution in [0.15, 0.2) is 24.3 Å². The summed E-state index contributed by atoms with van der Waals surface area (Å²) in [5, 5.41) is 2.72. The van der Waals surface area contributed by atoms with Crippen LogP contribution in [0.25, 0.3) is 0 Å². The van der Waals surface area contributed by atoms with E-state index < -0.39 is 10.0 Å². The monoisotopic (exact) mass is 328 g/mol. The van der Waals surface area contributed by atoms with Crippen molar-refractivity contribution < 1.29 is 17.9 Å². The summed E-state index contributed by atoms with van der Waals surface area (Å²) in [4.78, 5) is 12.0. The maximum Gasteiger partial charge on any atom is 0.240 e. The van der Waals surface area contributed by atoms with Crippen LogP contribution >= 0.6 is 0 Å². The van der Waals surface area contributed by atoms with E-state index in [4.69, 9.17) is 4.74 Å². The minimum atomic E-state index is -3.59. The van der Waals surface area contributed by atoms with Crippen LogP contribution in [-0.2, 0) is 14.8 Å². The molecule has 0 unspecified atom stereocenters. The first-order chi connectivity index (χ1) is 10.4. The van der Waals surface area contributed by atoms with Crippen molar-refractivity contribution >= 4 is 21.6 Å². The lowest BCUT2D eigenvalue weighted by Crippen LogP contribution is -2.40. The van der Waals surface area contributed by atoms with Crippen molar-refractivity contribution in [3.8, 4) is 5.75 Å². The van der Waals surface area contributed by atoms with Crippen molar-refractivity contribution in [1.82, 2.24) is 5.32 Å². The molecule has 1 rings (SSSR count). The fourth-order valence-corrected chi connectivity index (χ4v) is 2.77. The fourth-order valence-electron chi connectivity index (χ4n) is 1.91. The van der Waals surface area contributed by atoms with Gasteiger partial charge < -0.3 is 10.1 Å². The maximum atomic E-state index is 12.0. The predicted octanol–water partition coefficient (Wildman–Crippen LogP) is 1.77. The average molecular weight is 328 g/mol. The summed E-state index contributed by atoms with van der Waals surface area (Å²) in [5.41, 5.74) is 0.373. The van der Waals surface area contributed by atoms with E-state index in [1.165, 1.54) is 0 Å². The van der Waals surface area contributed by atoms with Gasteiger partial charge in [-0.1, -0.05) is 25.5 Å². The van der Waals surface area contributed by atoms with E-state index in [-0.39, 0.29) is 12.5 Å². The Morgan fingerprint density at radius 2 is 1.95 bits per heavy atom. The molecule has 1 N–H and O–H groups in total. The molecular formula is C15H24N2O4S. The van der Waals surface area contributed by atoms with Crippen molar-refractivity contribution in [3.05, 3.63) is 24.3 Å². The van der Waals surface area contributed by atoms with E-state index in [1.807, 2.05) is 13.8 Å². The number of hydrogen-bond donors (Lipinski definition) is 1. The molecule has 124 valence electrons. The van der Waals surface area contributed by atoms with Gasteiger partial charge in [0.15, 0.2) is 0 Å². The third-order valence-corrected chi connectivity index (χ3v) is 4.10. The highest BCUT2D eigenvalue weighted by atomic mass is 32.2. The Kier molecular flexibility index (Phi) is 7.17. The normalized spacial score (nSPS) is 11.0. The van der Waals surface area contributed by atoms with Crippen LogP contribution in [0.2, 0.25) is 0 Å². The largest absolute Gasteiger partial charge is 0.492 e. The van der Waals surface area contributed by atoms with E-state index in [9.17, 15) is 13.2 Å². The van der Waals surface area contributed by atoms with Gasteiger partial charge in [0.05, 0.1) is 18.6 Å². The number of carbonyl (C=O) groups excluding carboxylic acids is 1. The summed E-state index contributed by atoms with van der Waals surface area (Å²) in [6, 6.07) is 6.79. The molecule has 0 spiro atoms. The van der Waals surface area contributed by atoms with Gasteiger partial charge >= 0.3 is 0 Å². The zero-order valence-electron chi connectivity index (χ0n) is 13.3. The lowest BCUT2D eigenvalue weighted by Gasteiger charge is -2.24. The number of unbranched alkanes of at least 4 members (excludes halogenated alkanes) is 1. The predicted molar refractivity (Wildman–Crippen MR) is 87.7 cm³/mol. The van der Waals surface area contributed by atoms with Gasteiger partial charge in [0.2, 0.25) is 15.9 Å². The summed E-state index contributed by atoms with van der Waals surface area (Å²) >= 11 is 0. The first-order valence-corrected chi connectivity index (χ1v) is 9.21. The first kappa shape index (κ1) is 18.3. The van der Waals surface area contributed by atoms with E-state index in [2.05, 4.69) is 5.32 Å². The molecule has 0 radical (unpaired) electrons. The molecule has 0 saturated carbocycles. The van der Waals surface area contributed by atoms with Gasteiger partial charge in [-0.2, -0.15) is 0 Å². The van der Waals surface area contributed by atoms with Crippen molar-refractivity contribution in [1.29, 1.82) is 0 Å². The van der Waals surface area contributed by atoms with Crippen LogP contribution in [0, 0.1) is 0 Å². The molecule has 0 fully saturated rings. The minimum absolute atomic E-state index is 0.257. The highest BCUT2D eigenvalue weighted by Gasteiger charge is 2.23. The van der Waals surface area contributed by atoms with Crippen molar-refractivity contribution in [3.63, 3.8) is 0 Å². The van der Waals surface area contributed by atoms with Crippen LogP contribution in [0.4, 0.5) is 5.69 Å². The Labute approximate surface area is 132 Å². The van der Waals surface area contributed by atoms with Crippen molar-refractivity contribution in [2.45, 2.75) is 26.7 Å². The van der Waals surface area contributed by atoms with Gasteiger partial charge in [-0.25, -0.2) is 8.42 Å². The SMILES string of the molecule is CCCCNC(=O)CN(c1ccccc1OCC)S(C)(=O)=O. The molecule has 1 aromatic rings. The van der Waals surface area contributed by atoms with Crippen LogP contribution in [0.1, 0.15) is 26.7 Å². The number of para-hydroxylation sites is 2. The second-order valence-corrected chi connectivity index (χ2v) is 6.78. The van der Waals surface area contributed by atoms with E-state index in [1.54, 1.807) is 24.3 Å². The summed E-state index contributed by atoms with van der Waals surface area (Å²) in [6.45, 7) is 4.54.